The quantitative estimate of drug-likeness (QED) is 0.0687. The van der Waals surface area contributed by atoms with Crippen LogP contribution in [0, 0.1) is 13.8 Å². The number of rotatable bonds is 10. The van der Waals surface area contributed by atoms with Crippen LogP contribution in [-0.4, -0.2) is 11.3 Å². The second-order valence-corrected chi connectivity index (χ2v) is 15.8. The Kier molecular flexibility index (Phi) is 17.5. The summed E-state index contributed by atoms with van der Waals surface area (Å²) in [6.45, 7) is 0. The van der Waals surface area contributed by atoms with E-state index in [1.54, 1.807) is 0 Å². The molecule has 1 atom stereocenters. The van der Waals surface area contributed by atoms with E-state index in [2.05, 4.69) is 0 Å². The van der Waals surface area contributed by atoms with E-state index >= 15 is 0 Å². The zero-order valence-electron chi connectivity index (χ0n) is 30.3. The molecule has 2 saturated carbocycles. The molecule has 318 valence electrons. The fourth-order valence-electron chi connectivity index (χ4n) is 5.89. The van der Waals surface area contributed by atoms with Crippen molar-refractivity contribution in [3.8, 4) is 23.0 Å². The van der Waals surface area contributed by atoms with Gasteiger partial charge in [0.05, 0.1) is 27.9 Å². The number of alkyl halides is 12. The van der Waals surface area contributed by atoms with Crippen molar-refractivity contribution in [1.82, 2.24) is 0 Å². The third-order valence-corrected chi connectivity index (χ3v) is 12.2. The summed E-state index contributed by atoms with van der Waals surface area (Å²) in [6.07, 6.45) is -11.8. The maximum absolute atomic E-state index is 13.3. The molecule has 58 heavy (non-hydrogen) atoms. The van der Waals surface area contributed by atoms with Gasteiger partial charge in [-0.15, -0.1) is 0 Å². The van der Waals surface area contributed by atoms with E-state index in [1.807, 2.05) is 6.42 Å². The standard InChI is InChI=1S/C19H17F6O2P.C19H16F6O2P.CH3.Fe/c2*20-18(21,22)14-9-3-5-11-16(14)26-28(13-7-1-2-8-13)27-17-12-6-4-10-15(17)19(23,24)25;;/h3-6,9-13H,1-2,7-8H2;3-7,9-13H,1-2,8H2;1H3;/q;2*-1;+2. The van der Waals surface area contributed by atoms with Gasteiger partial charge in [-0.25, -0.2) is 0 Å². The third kappa shape index (κ3) is 13.3. The molecule has 0 bridgehead atoms. The Morgan fingerprint density at radius 3 is 1.00 bits per heavy atom. The van der Waals surface area contributed by atoms with Crippen molar-refractivity contribution in [3.05, 3.63) is 133 Å². The Bertz CT molecular complexity index is 1620. The minimum atomic E-state index is -4.65. The van der Waals surface area contributed by atoms with E-state index in [-0.39, 0.29) is 35.8 Å². The summed E-state index contributed by atoms with van der Waals surface area (Å²) in [7, 11) is -4.14. The first-order valence-electron chi connectivity index (χ1n) is 17.1. The zero-order valence-corrected chi connectivity index (χ0v) is 33.2. The molecule has 6 rings (SSSR count). The minimum absolute atomic E-state index is 0. The molecular formula is C39H36F12FeO4P2. The van der Waals surface area contributed by atoms with Gasteiger partial charge in [0.15, 0.2) is 0 Å². The van der Waals surface area contributed by atoms with Gasteiger partial charge in [0.2, 0.25) is 0 Å². The van der Waals surface area contributed by atoms with Crippen LogP contribution in [-0.2, 0) is 41.8 Å². The molecule has 0 radical (unpaired) electrons. The fraction of sp³-hybridized carbons (Fsp3) is 0.333. The Hall–Kier alpha value is -3.38. The molecule has 4 aromatic rings. The van der Waals surface area contributed by atoms with Gasteiger partial charge in [0, 0.05) is 0 Å². The molecule has 2 aliphatic carbocycles. The monoisotopic (exact) mass is 914 g/mol. The van der Waals surface area contributed by atoms with Crippen LogP contribution < -0.4 is 18.1 Å². The van der Waals surface area contributed by atoms with Gasteiger partial charge in [-0.05, 0) is 61.4 Å². The van der Waals surface area contributed by atoms with Crippen LogP contribution in [0.4, 0.5) is 52.7 Å². The average molecular weight is 914 g/mol. The van der Waals surface area contributed by atoms with Gasteiger partial charge in [-0.1, -0.05) is 79.9 Å². The molecule has 0 aromatic heterocycles. The molecule has 2 aliphatic rings. The van der Waals surface area contributed by atoms with Crippen LogP contribution in [0.1, 0.15) is 67.2 Å². The maximum Gasteiger partial charge on any atom is 2.00 e. The van der Waals surface area contributed by atoms with E-state index in [4.69, 9.17) is 18.1 Å². The van der Waals surface area contributed by atoms with E-state index in [9.17, 15) is 52.7 Å². The summed E-state index contributed by atoms with van der Waals surface area (Å²) >= 11 is 0. The normalized spacial score (nSPS) is 16.2. The van der Waals surface area contributed by atoms with Crippen LogP contribution in [0.3, 0.4) is 0 Å². The van der Waals surface area contributed by atoms with Crippen LogP contribution in [0.25, 0.3) is 0 Å². The first-order valence-corrected chi connectivity index (χ1v) is 19.6. The Labute approximate surface area is 340 Å². The number of halogens is 12. The van der Waals surface area contributed by atoms with E-state index in [0.29, 0.717) is 25.7 Å². The number of benzene rings is 4. The van der Waals surface area contributed by atoms with Crippen molar-refractivity contribution in [2.75, 3.05) is 0 Å². The van der Waals surface area contributed by atoms with Gasteiger partial charge in [-0.2, -0.15) is 59.1 Å². The Morgan fingerprint density at radius 1 is 0.431 bits per heavy atom. The molecule has 0 N–H and O–H groups in total. The van der Waals surface area contributed by atoms with Gasteiger partial charge in [-0.3, -0.25) is 0 Å². The summed E-state index contributed by atoms with van der Waals surface area (Å²) in [5, 5.41) is 0. The molecule has 0 amide bonds. The molecule has 1 unspecified atom stereocenters. The molecule has 2 fully saturated rings. The van der Waals surface area contributed by atoms with E-state index in [0.717, 1.165) is 67.8 Å². The molecule has 0 heterocycles. The molecule has 0 spiro atoms. The summed E-state index contributed by atoms with van der Waals surface area (Å²) in [4.78, 5) is 0. The fourth-order valence-corrected chi connectivity index (χ4v) is 9.45. The van der Waals surface area contributed by atoms with Crippen LogP contribution >= 0.6 is 16.8 Å². The predicted octanol–water partition coefficient (Wildman–Crippen LogP) is 15.1. The number of para-hydroxylation sites is 4. The summed E-state index contributed by atoms with van der Waals surface area (Å²) in [5.41, 5.74) is -4.54. The van der Waals surface area contributed by atoms with Crippen molar-refractivity contribution >= 4 is 16.8 Å². The van der Waals surface area contributed by atoms with Gasteiger partial charge < -0.3 is 31.9 Å². The van der Waals surface area contributed by atoms with Crippen LogP contribution in [0.5, 0.6) is 23.0 Å². The third-order valence-electron chi connectivity index (χ3n) is 8.56. The second kappa shape index (κ2) is 20.7. The number of hydrogen-bond acceptors (Lipinski definition) is 4. The van der Waals surface area contributed by atoms with Gasteiger partial charge >= 0.3 is 41.8 Å². The summed E-state index contributed by atoms with van der Waals surface area (Å²) in [6, 6.07) is 18.5. The molecule has 4 nitrogen and oxygen atoms in total. The van der Waals surface area contributed by atoms with Crippen molar-refractivity contribution in [1.29, 1.82) is 0 Å². The van der Waals surface area contributed by atoms with E-state index < -0.39 is 86.7 Å². The Balaban J connectivity index is 0.000000300. The first-order chi connectivity index (χ1) is 26.3. The van der Waals surface area contributed by atoms with Crippen molar-refractivity contribution in [2.45, 2.75) is 81.0 Å². The molecular weight excluding hydrogens is 878 g/mol. The molecule has 19 heteroatoms. The van der Waals surface area contributed by atoms with E-state index in [1.165, 1.54) is 48.5 Å². The summed E-state index contributed by atoms with van der Waals surface area (Å²) < 4.78 is 181. The molecule has 0 aliphatic heterocycles. The van der Waals surface area contributed by atoms with Crippen LogP contribution in [0.2, 0.25) is 0 Å². The van der Waals surface area contributed by atoms with Gasteiger partial charge in [0.25, 0.3) is 16.8 Å². The predicted molar refractivity (Wildman–Crippen MR) is 193 cm³/mol. The minimum Gasteiger partial charge on any atom is -0.439 e. The molecule has 4 aromatic carbocycles. The van der Waals surface area contributed by atoms with Crippen molar-refractivity contribution in [3.63, 3.8) is 0 Å². The van der Waals surface area contributed by atoms with Gasteiger partial charge in [0.1, 0.15) is 23.0 Å². The van der Waals surface area contributed by atoms with Crippen LogP contribution in [0.15, 0.2) is 97.1 Å². The topological polar surface area (TPSA) is 36.9 Å². The molecule has 0 saturated heterocycles. The smallest absolute Gasteiger partial charge is 0.439 e. The number of hydrogen-bond donors (Lipinski definition) is 0. The first kappa shape index (κ1) is 49.0. The average Bonchev–Trinajstić information content (AvgIpc) is 3.87. The SMILES string of the molecule is FC(F)(F)c1ccccc1OP(Oc1ccccc1C(F)(F)F)C1CCCC1.FC(F)(F)c1ccccc1OP(Oc1ccccc1C(F)(F)F)C1[CH-]CCC1.[CH3-].[Fe+2]. The largest absolute Gasteiger partial charge is 2.00 e. The maximum atomic E-state index is 13.3. The second-order valence-electron chi connectivity index (χ2n) is 12.6. The Morgan fingerprint density at radius 2 is 0.724 bits per heavy atom. The van der Waals surface area contributed by atoms with Crippen molar-refractivity contribution < 1.29 is 87.8 Å². The zero-order chi connectivity index (χ0) is 40.7. The summed E-state index contributed by atoms with van der Waals surface area (Å²) in [5.74, 6) is -1.77. The van der Waals surface area contributed by atoms with Crippen molar-refractivity contribution in [2.24, 2.45) is 0 Å².